The lowest BCUT2D eigenvalue weighted by atomic mass is 9.98. The number of fused-ring (bicyclic) bond motifs is 1. The number of amides is 1. The van der Waals surface area contributed by atoms with Gasteiger partial charge in [-0.25, -0.2) is 19.3 Å². The van der Waals surface area contributed by atoms with Crippen LogP contribution < -0.4 is 5.73 Å². The Morgan fingerprint density at radius 2 is 2.15 bits per heavy atom. The minimum atomic E-state index is -0.308. The van der Waals surface area contributed by atoms with E-state index in [9.17, 15) is 4.79 Å². The summed E-state index contributed by atoms with van der Waals surface area (Å²) in [6, 6.07) is 9.66. The molecule has 0 spiro atoms. The number of benzene rings is 1. The molecule has 2 aromatic heterocycles. The molecule has 140 valence electrons. The fraction of sp³-hybridized carbons (Fsp3) is 0.333. The van der Waals surface area contributed by atoms with E-state index in [1.807, 2.05) is 30.3 Å². The molecule has 27 heavy (non-hydrogen) atoms. The number of carbonyl (C=O) groups is 1. The lowest BCUT2D eigenvalue weighted by Gasteiger charge is -2.31. The molecule has 1 fully saturated rings. The summed E-state index contributed by atoms with van der Waals surface area (Å²) in [6.07, 6.45) is 2.89. The van der Waals surface area contributed by atoms with Crippen LogP contribution >= 0.6 is 15.9 Å². The molecule has 1 saturated heterocycles. The van der Waals surface area contributed by atoms with Gasteiger partial charge in [-0.2, -0.15) is 5.10 Å². The van der Waals surface area contributed by atoms with Crippen LogP contribution in [-0.4, -0.2) is 43.7 Å². The van der Waals surface area contributed by atoms with Crippen molar-refractivity contribution in [2.75, 3.05) is 18.8 Å². The van der Waals surface area contributed by atoms with Crippen LogP contribution in [-0.2, 0) is 11.3 Å². The fourth-order valence-electron chi connectivity index (χ4n) is 3.36. The third-order valence-electron chi connectivity index (χ3n) is 4.69. The summed E-state index contributed by atoms with van der Waals surface area (Å²) in [5.74, 6) is 1.19. The van der Waals surface area contributed by atoms with Crippen LogP contribution in [0.1, 0.15) is 30.1 Å². The molecule has 9 heteroatoms. The van der Waals surface area contributed by atoms with Gasteiger partial charge in [-0.05, 0) is 34.3 Å². The van der Waals surface area contributed by atoms with Crippen molar-refractivity contribution in [3.63, 3.8) is 0 Å². The van der Waals surface area contributed by atoms with Gasteiger partial charge in [0.1, 0.15) is 28.9 Å². The number of nitrogens with zero attached hydrogens (tertiary/aromatic N) is 5. The van der Waals surface area contributed by atoms with E-state index in [-0.39, 0.29) is 18.6 Å². The van der Waals surface area contributed by atoms with Crippen LogP contribution in [0.4, 0.5) is 10.6 Å². The first-order valence-electron chi connectivity index (χ1n) is 8.73. The average molecular weight is 431 g/mol. The molecule has 1 aromatic carbocycles. The zero-order chi connectivity index (χ0) is 18.8. The van der Waals surface area contributed by atoms with Crippen molar-refractivity contribution in [3.05, 3.63) is 52.7 Å². The lowest BCUT2D eigenvalue weighted by Crippen LogP contribution is -2.39. The minimum Gasteiger partial charge on any atom is -0.445 e. The highest BCUT2D eigenvalue weighted by Crippen LogP contribution is 2.31. The Kier molecular flexibility index (Phi) is 4.93. The zero-order valence-corrected chi connectivity index (χ0v) is 16.2. The number of aromatic nitrogens is 4. The number of carbonyl (C=O) groups excluding carboxylic acids is 1. The maximum atomic E-state index is 12.5. The Bertz CT molecular complexity index is 961. The van der Waals surface area contributed by atoms with E-state index in [1.54, 1.807) is 9.42 Å². The maximum absolute atomic E-state index is 12.5. The highest BCUT2D eigenvalue weighted by atomic mass is 79.9. The first kappa shape index (κ1) is 17.7. The zero-order valence-electron chi connectivity index (χ0n) is 14.6. The van der Waals surface area contributed by atoms with E-state index >= 15 is 0 Å². The second-order valence-corrected chi connectivity index (χ2v) is 7.24. The van der Waals surface area contributed by atoms with Crippen molar-refractivity contribution in [3.8, 4) is 0 Å². The Labute approximate surface area is 164 Å². The van der Waals surface area contributed by atoms with Crippen LogP contribution in [0.25, 0.3) is 5.52 Å². The molecule has 0 bridgehead atoms. The Morgan fingerprint density at radius 1 is 1.33 bits per heavy atom. The highest BCUT2D eigenvalue weighted by molar-refractivity contribution is 9.10. The number of anilines is 1. The summed E-state index contributed by atoms with van der Waals surface area (Å²) in [5.41, 5.74) is 7.56. The molecule has 1 aliphatic heterocycles. The number of halogens is 1. The molecule has 0 aliphatic carbocycles. The average Bonchev–Trinajstić information content (AvgIpc) is 3.05. The molecule has 1 aliphatic rings. The molecule has 4 rings (SSSR count). The molecule has 0 unspecified atom stereocenters. The van der Waals surface area contributed by atoms with Gasteiger partial charge in [-0.1, -0.05) is 30.3 Å². The standard InChI is InChI=1S/C18H19BrN6O2/c19-15-14-16(20)21-11-22-25(14)17(23-15)13-7-4-8-24(9-13)18(26)27-10-12-5-2-1-3-6-12/h1-3,5-6,11,13H,4,7-10H2,(H2,20,21,22)/t13-/m1/s1. The molecule has 2 N–H and O–H groups in total. The number of hydrogen-bond donors (Lipinski definition) is 1. The van der Waals surface area contributed by atoms with E-state index in [1.165, 1.54) is 6.33 Å². The van der Waals surface area contributed by atoms with Crippen molar-refractivity contribution in [2.45, 2.75) is 25.4 Å². The SMILES string of the molecule is Nc1ncnn2c([C@@H]3CCCN(C(=O)OCc4ccccc4)C3)nc(Br)c12. The number of ether oxygens (including phenoxy) is 1. The third-order valence-corrected chi connectivity index (χ3v) is 5.25. The van der Waals surface area contributed by atoms with Crippen molar-refractivity contribution in [1.29, 1.82) is 0 Å². The molecule has 1 amide bonds. The van der Waals surface area contributed by atoms with Crippen molar-refractivity contribution in [1.82, 2.24) is 24.5 Å². The van der Waals surface area contributed by atoms with E-state index < -0.39 is 0 Å². The molecular weight excluding hydrogens is 412 g/mol. The van der Waals surface area contributed by atoms with Crippen LogP contribution in [0.5, 0.6) is 0 Å². The van der Waals surface area contributed by atoms with Crippen molar-refractivity contribution >= 4 is 33.4 Å². The van der Waals surface area contributed by atoms with Crippen molar-refractivity contribution in [2.24, 2.45) is 0 Å². The summed E-state index contributed by atoms with van der Waals surface area (Å²) < 4.78 is 7.78. The van der Waals surface area contributed by atoms with Crippen LogP contribution in [0.3, 0.4) is 0 Å². The van der Waals surface area contributed by atoms with Crippen molar-refractivity contribution < 1.29 is 9.53 Å². The number of nitrogen functional groups attached to an aromatic ring is 1. The van der Waals surface area contributed by atoms with Gasteiger partial charge in [0.15, 0.2) is 5.82 Å². The van der Waals surface area contributed by atoms with Gasteiger partial charge in [0, 0.05) is 19.0 Å². The monoisotopic (exact) mass is 430 g/mol. The van der Waals surface area contributed by atoms with Crippen LogP contribution in [0.2, 0.25) is 0 Å². The predicted octanol–water partition coefficient (Wildman–Crippen LogP) is 2.99. The topological polar surface area (TPSA) is 98.6 Å². The first-order valence-corrected chi connectivity index (χ1v) is 9.53. The van der Waals surface area contributed by atoms with E-state index in [0.29, 0.717) is 29.0 Å². The quantitative estimate of drug-likeness (QED) is 0.685. The molecule has 0 saturated carbocycles. The fourth-order valence-corrected chi connectivity index (χ4v) is 3.92. The summed E-state index contributed by atoms with van der Waals surface area (Å²) in [5, 5.41) is 4.28. The molecule has 0 radical (unpaired) electrons. The summed E-state index contributed by atoms with van der Waals surface area (Å²) in [7, 11) is 0. The number of piperidine rings is 1. The molecule has 3 aromatic rings. The van der Waals surface area contributed by atoms with Crippen LogP contribution in [0.15, 0.2) is 41.3 Å². The molecule has 3 heterocycles. The smallest absolute Gasteiger partial charge is 0.410 e. The van der Waals surface area contributed by atoms with Gasteiger partial charge in [0.2, 0.25) is 0 Å². The number of imidazole rings is 1. The molecule has 8 nitrogen and oxygen atoms in total. The summed E-state index contributed by atoms with van der Waals surface area (Å²) in [4.78, 5) is 22.8. The Hall–Kier alpha value is -2.68. The largest absolute Gasteiger partial charge is 0.445 e. The van der Waals surface area contributed by atoms with Gasteiger partial charge < -0.3 is 15.4 Å². The number of hydrogen-bond acceptors (Lipinski definition) is 6. The summed E-state index contributed by atoms with van der Waals surface area (Å²) >= 11 is 3.43. The van der Waals surface area contributed by atoms with Gasteiger partial charge in [0.25, 0.3) is 0 Å². The third kappa shape index (κ3) is 3.59. The lowest BCUT2D eigenvalue weighted by molar-refractivity contribution is 0.0852. The summed E-state index contributed by atoms with van der Waals surface area (Å²) in [6.45, 7) is 1.47. The number of rotatable bonds is 3. The van der Waals surface area contributed by atoms with Gasteiger partial charge in [-0.3, -0.25) is 0 Å². The second kappa shape index (κ2) is 7.51. The maximum Gasteiger partial charge on any atom is 0.410 e. The van der Waals surface area contributed by atoms with E-state index in [4.69, 9.17) is 10.5 Å². The molecule has 1 atom stereocenters. The van der Waals surface area contributed by atoms with Gasteiger partial charge in [0.05, 0.1) is 0 Å². The van der Waals surface area contributed by atoms with Gasteiger partial charge in [-0.15, -0.1) is 0 Å². The van der Waals surface area contributed by atoms with E-state index in [2.05, 4.69) is 31.0 Å². The Morgan fingerprint density at radius 3 is 2.96 bits per heavy atom. The second-order valence-electron chi connectivity index (χ2n) is 6.49. The van der Waals surface area contributed by atoms with Crippen LogP contribution in [0, 0.1) is 0 Å². The number of nitrogens with two attached hydrogens (primary N) is 1. The predicted molar refractivity (Wildman–Crippen MR) is 103 cm³/mol. The molecular formula is C18H19BrN6O2. The number of likely N-dealkylation sites (tertiary alicyclic amines) is 1. The minimum absolute atomic E-state index is 0.0520. The van der Waals surface area contributed by atoms with Gasteiger partial charge >= 0.3 is 6.09 Å². The first-order chi connectivity index (χ1) is 13.1. The highest BCUT2D eigenvalue weighted by Gasteiger charge is 2.30. The Balaban J connectivity index is 1.48. The van der Waals surface area contributed by atoms with E-state index in [0.717, 1.165) is 24.2 Å². The normalized spacial score (nSPS) is 17.2.